The summed E-state index contributed by atoms with van der Waals surface area (Å²) in [6.07, 6.45) is 1.44. The average molecular weight is 301 g/mol. The molecule has 0 bridgehead atoms. The third kappa shape index (κ3) is 3.45. The standard InChI is InChI=1S/C12H11Cl2FN4/c1-2-16-12-17-6-8(14)11(19-12)18-10-5-7(13)3-4-9(10)15/h3-6H,2H2,1H3,(H2,16,17,18,19). The highest BCUT2D eigenvalue weighted by Crippen LogP contribution is 2.27. The molecular formula is C12H11Cl2FN4. The van der Waals surface area contributed by atoms with Crippen molar-refractivity contribution in [3.05, 3.63) is 40.3 Å². The first-order valence-corrected chi connectivity index (χ1v) is 6.34. The molecule has 2 aromatic rings. The first-order valence-electron chi connectivity index (χ1n) is 5.58. The largest absolute Gasteiger partial charge is 0.354 e. The highest BCUT2D eigenvalue weighted by atomic mass is 35.5. The number of halogens is 3. The van der Waals surface area contributed by atoms with Crippen molar-refractivity contribution in [2.75, 3.05) is 17.2 Å². The van der Waals surface area contributed by atoms with Crippen molar-refractivity contribution in [1.29, 1.82) is 0 Å². The van der Waals surface area contributed by atoms with Crippen molar-refractivity contribution in [3.8, 4) is 0 Å². The molecule has 0 aliphatic rings. The summed E-state index contributed by atoms with van der Waals surface area (Å²) in [5.74, 6) is 0.287. The Hall–Kier alpha value is -1.59. The van der Waals surface area contributed by atoms with Crippen molar-refractivity contribution in [3.63, 3.8) is 0 Å². The Morgan fingerprint density at radius 3 is 2.84 bits per heavy atom. The molecule has 7 heteroatoms. The molecule has 100 valence electrons. The number of hydrogen-bond donors (Lipinski definition) is 2. The Balaban J connectivity index is 2.31. The summed E-state index contributed by atoms with van der Waals surface area (Å²) in [4.78, 5) is 8.15. The van der Waals surface area contributed by atoms with E-state index < -0.39 is 5.82 Å². The third-order valence-electron chi connectivity index (χ3n) is 2.26. The van der Waals surface area contributed by atoms with Crippen LogP contribution in [0.1, 0.15) is 6.92 Å². The fourth-order valence-electron chi connectivity index (χ4n) is 1.42. The minimum Gasteiger partial charge on any atom is -0.354 e. The second kappa shape index (κ2) is 6.04. The second-order valence-corrected chi connectivity index (χ2v) is 4.51. The molecule has 0 radical (unpaired) electrons. The van der Waals surface area contributed by atoms with Gasteiger partial charge in [0, 0.05) is 11.6 Å². The first-order chi connectivity index (χ1) is 9.10. The van der Waals surface area contributed by atoms with E-state index in [9.17, 15) is 4.39 Å². The summed E-state index contributed by atoms with van der Waals surface area (Å²) in [6.45, 7) is 2.59. The van der Waals surface area contributed by atoms with Crippen molar-refractivity contribution in [2.45, 2.75) is 6.92 Å². The topological polar surface area (TPSA) is 49.8 Å². The maximum atomic E-state index is 13.6. The SMILES string of the molecule is CCNc1ncc(Cl)c(Nc2cc(Cl)ccc2F)n1. The number of anilines is 3. The molecule has 2 N–H and O–H groups in total. The van der Waals surface area contributed by atoms with Gasteiger partial charge >= 0.3 is 0 Å². The van der Waals surface area contributed by atoms with E-state index in [2.05, 4.69) is 20.6 Å². The average Bonchev–Trinajstić information content (AvgIpc) is 2.38. The fourth-order valence-corrected chi connectivity index (χ4v) is 1.73. The number of nitrogens with zero attached hydrogens (tertiary/aromatic N) is 2. The Morgan fingerprint density at radius 2 is 2.11 bits per heavy atom. The van der Waals surface area contributed by atoms with Gasteiger partial charge < -0.3 is 10.6 Å². The lowest BCUT2D eigenvalue weighted by Gasteiger charge is -2.10. The van der Waals surface area contributed by atoms with Crippen molar-refractivity contribution < 1.29 is 4.39 Å². The van der Waals surface area contributed by atoms with Crippen molar-refractivity contribution in [1.82, 2.24) is 9.97 Å². The van der Waals surface area contributed by atoms with Crippen LogP contribution >= 0.6 is 23.2 Å². The lowest BCUT2D eigenvalue weighted by atomic mass is 10.3. The molecular weight excluding hydrogens is 290 g/mol. The molecule has 4 nitrogen and oxygen atoms in total. The highest BCUT2D eigenvalue weighted by molar-refractivity contribution is 6.33. The van der Waals surface area contributed by atoms with Crippen LogP contribution in [0, 0.1) is 5.82 Å². The Kier molecular flexibility index (Phi) is 4.39. The van der Waals surface area contributed by atoms with Crippen LogP contribution < -0.4 is 10.6 Å². The molecule has 19 heavy (non-hydrogen) atoms. The molecule has 1 aromatic carbocycles. The Labute approximate surface area is 120 Å². The molecule has 0 atom stereocenters. The van der Waals surface area contributed by atoms with Crippen LogP contribution in [0.15, 0.2) is 24.4 Å². The van der Waals surface area contributed by atoms with Gasteiger partial charge in [-0.15, -0.1) is 0 Å². The van der Waals surface area contributed by atoms with Gasteiger partial charge in [-0.3, -0.25) is 0 Å². The summed E-state index contributed by atoms with van der Waals surface area (Å²) in [7, 11) is 0. The van der Waals surface area contributed by atoms with E-state index in [-0.39, 0.29) is 5.69 Å². The molecule has 0 aliphatic heterocycles. The van der Waals surface area contributed by atoms with Crippen LogP contribution in [0.5, 0.6) is 0 Å². The number of benzene rings is 1. The van der Waals surface area contributed by atoms with Gasteiger partial charge in [0.05, 0.1) is 11.9 Å². The summed E-state index contributed by atoms with van der Waals surface area (Å²) < 4.78 is 13.6. The quantitative estimate of drug-likeness (QED) is 0.892. The summed E-state index contributed by atoms with van der Waals surface area (Å²) in [6, 6.07) is 4.20. The molecule has 0 spiro atoms. The van der Waals surface area contributed by atoms with Crippen LogP contribution in [0.2, 0.25) is 10.0 Å². The summed E-state index contributed by atoms with van der Waals surface area (Å²) >= 11 is 11.8. The van der Waals surface area contributed by atoms with Crippen LogP contribution in [0.4, 0.5) is 21.8 Å². The number of hydrogen-bond acceptors (Lipinski definition) is 4. The van der Waals surface area contributed by atoms with Crippen molar-refractivity contribution in [2.24, 2.45) is 0 Å². The fraction of sp³-hybridized carbons (Fsp3) is 0.167. The highest BCUT2D eigenvalue weighted by Gasteiger charge is 2.09. The monoisotopic (exact) mass is 300 g/mol. The lowest BCUT2D eigenvalue weighted by molar-refractivity contribution is 0.632. The van der Waals surface area contributed by atoms with Crippen LogP contribution in [0.25, 0.3) is 0 Å². The molecule has 1 aromatic heterocycles. The van der Waals surface area contributed by atoms with Gasteiger partial charge in [0.2, 0.25) is 5.95 Å². The van der Waals surface area contributed by atoms with Gasteiger partial charge in [0.1, 0.15) is 10.8 Å². The second-order valence-electron chi connectivity index (χ2n) is 3.67. The maximum Gasteiger partial charge on any atom is 0.224 e. The molecule has 0 amide bonds. The molecule has 0 unspecified atom stereocenters. The first kappa shape index (κ1) is 13.8. The van der Waals surface area contributed by atoms with Crippen molar-refractivity contribution >= 4 is 40.7 Å². The predicted molar refractivity (Wildman–Crippen MR) is 75.9 cm³/mol. The molecule has 0 aliphatic carbocycles. The van der Waals surface area contributed by atoms with Gasteiger partial charge in [-0.25, -0.2) is 9.37 Å². The molecule has 1 heterocycles. The maximum absolute atomic E-state index is 13.6. The zero-order valence-corrected chi connectivity index (χ0v) is 11.6. The third-order valence-corrected chi connectivity index (χ3v) is 2.77. The number of rotatable bonds is 4. The van der Waals surface area contributed by atoms with E-state index in [1.54, 1.807) is 0 Å². The zero-order chi connectivity index (χ0) is 13.8. The van der Waals surface area contributed by atoms with E-state index in [0.717, 1.165) is 0 Å². The van der Waals surface area contributed by atoms with Gasteiger partial charge in [-0.1, -0.05) is 23.2 Å². The molecule has 2 rings (SSSR count). The van der Waals surface area contributed by atoms with E-state index in [4.69, 9.17) is 23.2 Å². The lowest BCUT2D eigenvalue weighted by Crippen LogP contribution is -2.05. The normalized spacial score (nSPS) is 10.3. The molecule has 0 fully saturated rings. The van der Waals surface area contributed by atoms with Gasteiger partial charge in [-0.2, -0.15) is 4.98 Å². The smallest absolute Gasteiger partial charge is 0.224 e. The van der Waals surface area contributed by atoms with Crippen LogP contribution in [-0.4, -0.2) is 16.5 Å². The van der Waals surface area contributed by atoms with E-state index in [1.165, 1.54) is 24.4 Å². The van der Waals surface area contributed by atoms with E-state index in [1.807, 2.05) is 6.92 Å². The number of aromatic nitrogens is 2. The summed E-state index contributed by atoms with van der Waals surface area (Å²) in [5, 5.41) is 6.45. The van der Waals surface area contributed by atoms with Gasteiger partial charge in [0.15, 0.2) is 5.82 Å². The molecule has 0 saturated heterocycles. The summed E-state index contributed by atoms with van der Waals surface area (Å²) in [5.41, 5.74) is 0.204. The number of nitrogens with one attached hydrogen (secondary N) is 2. The van der Waals surface area contributed by atoms with Crippen LogP contribution in [-0.2, 0) is 0 Å². The van der Waals surface area contributed by atoms with Gasteiger partial charge in [-0.05, 0) is 25.1 Å². The van der Waals surface area contributed by atoms with Crippen LogP contribution in [0.3, 0.4) is 0 Å². The Morgan fingerprint density at radius 1 is 1.32 bits per heavy atom. The predicted octanol–water partition coefficient (Wildman–Crippen LogP) is 4.10. The molecule has 0 saturated carbocycles. The minimum absolute atomic E-state index is 0.204. The Bertz CT molecular complexity index is 592. The van der Waals surface area contributed by atoms with E-state index in [0.29, 0.717) is 28.4 Å². The van der Waals surface area contributed by atoms with Gasteiger partial charge in [0.25, 0.3) is 0 Å². The zero-order valence-electron chi connectivity index (χ0n) is 10.0. The minimum atomic E-state index is -0.441. The van der Waals surface area contributed by atoms with E-state index >= 15 is 0 Å².